The van der Waals surface area contributed by atoms with Crippen molar-refractivity contribution in [3.8, 4) is 46.0 Å². The SMILES string of the molecule is CNC(=O)[C@H](Cc1ccccc1)N(Cc1c(O)c2cc(c1O)C(CC(C)C)c1cc(c(O)c(CN(C(=O)NC(C)(C)C)[C@@H](Cc3ccccc3)C(=O)NC)c1O)C(CC(C)C)c1cc(c(O)c(CN(C(=O)NC(C)(C)C)[C@@H](Cc3ccccc3)C(=O)NC)c1O)C(CC(C)C)c1cc(c(O)c(CN(C(=O)NC(C)(C)C)[C@@H](Cc3ccccc3)C(=O)NC)c1O)C2CC(C)C)C(=O)NC(C)(C)C. The number of urea groups is 4. The van der Waals surface area contributed by atoms with E-state index >= 15 is 38.4 Å². The van der Waals surface area contributed by atoms with E-state index in [4.69, 9.17) is 0 Å². The minimum Gasteiger partial charge on any atom is -0.507 e. The van der Waals surface area contributed by atoms with Crippen LogP contribution in [0.2, 0.25) is 0 Å². The van der Waals surface area contributed by atoms with Gasteiger partial charge in [-0.1, -0.05) is 177 Å². The molecule has 0 radical (unpaired) electrons. The molecule has 8 aromatic rings. The van der Waals surface area contributed by atoms with Crippen LogP contribution in [0.25, 0.3) is 0 Å². The second-order valence-corrected chi connectivity index (χ2v) is 42.2. The molecule has 8 aromatic carbocycles. The molecule has 0 spiro atoms. The van der Waals surface area contributed by atoms with Crippen LogP contribution in [0.3, 0.4) is 0 Å². The van der Waals surface area contributed by atoms with Gasteiger partial charge in [-0.2, -0.15) is 0 Å². The Morgan fingerprint density at radius 1 is 0.265 bits per heavy atom. The van der Waals surface area contributed by atoms with E-state index in [9.17, 15) is 40.9 Å². The molecule has 736 valence electrons. The van der Waals surface area contributed by atoms with E-state index in [-0.39, 0.29) is 118 Å². The number of benzene rings is 8. The van der Waals surface area contributed by atoms with Crippen LogP contribution in [-0.4, -0.2) is 183 Å². The van der Waals surface area contributed by atoms with Crippen LogP contribution in [0.4, 0.5) is 19.2 Å². The van der Waals surface area contributed by atoms with Gasteiger partial charge in [0.15, 0.2) is 0 Å². The zero-order valence-electron chi connectivity index (χ0n) is 83.9. The van der Waals surface area contributed by atoms with E-state index < -0.39 is 214 Å². The molecule has 0 aliphatic heterocycles. The predicted octanol–water partition coefficient (Wildman–Crippen LogP) is 17.0. The summed E-state index contributed by atoms with van der Waals surface area (Å²) in [6, 6.07) is 33.2. The number of nitrogens with zero attached hydrogens (tertiary/aromatic N) is 4. The fraction of sp³-hybridized carbons (Fsp3) is 0.481. The van der Waals surface area contributed by atoms with Gasteiger partial charge in [-0.3, -0.25) is 19.2 Å². The van der Waals surface area contributed by atoms with Gasteiger partial charge in [-0.25, -0.2) is 19.2 Å². The first kappa shape index (κ1) is 107. The summed E-state index contributed by atoms with van der Waals surface area (Å²) in [5, 5.41) is 138. The third-order valence-electron chi connectivity index (χ3n) is 24.6. The Hall–Kier alpha value is -12.9. The molecule has 1 aliphatic carbocycles. The molecule has 8 bridgehead atoms. The Bertz CT molecular complexity index is 4740. The van der Waals surface area contributed by atoms with Crippen LogP contribution in [0.15, 0.2) is 146 Å². The Kier molecular flexibility index (Phi) is 35.5. The van der Waals surface area contributed by atoms with Gasteiger partial charge in [-0.15, -0.1) is 0 Å². The number of carbonyl (C=O) groups is 8. The van der Waals surface area contributed by atoms with Gasteiger partial charge in [0, 0.05) is 144 Å². The molecular weight excluding hydrogens is 1720 g/mol. The second kappa shape index (κ2) is 45.2. The largest absolute Gasteiger partial charge is 0.507 e. The number of hydrogen-bond acceptors (Lipinski definition) is 16. The van der Waals surface area contributed by atoms with E-state index in [2.05, 4.69) is 42.5 Å². The van der Waals surface area contributed by atoms with Crippen LogP contribution >= 0.6 is 0 Å². The molecular formula is C108H148N12O16. The lowest BCUT2D eigenvalue weighted by Crippen LogP contribution is -2.56. The predicted molar refractivity (Wildman–Crippen MR) is 532 cm³/mol. The van der Waals surface area contributed by atoms with Crippen molar-refractivity contribution >= 4 is 47.8 Å². The highest BCUT2D eigenvalue weighted by Gasteiger charge is 2.45. The summed E-state index contributed by atoms with van der Waals surface area (Å²) in [6.45, 7) is 33.2. The Labute approximate surface area is 803 Å². The van der Waals surface area contributed by atoms with Crippen LogP contribution in [0, 0.1) is 23.7 Å². The van der Waals surface area contributed by atoms with Crippen LogP contribution in [-0.2, 0) is 71.0 Å². The molecule has 28 heteroatoms. The highest BCUT2D eigenvalue weighted by atomic mass is 16.3. The standard InChI is InChI=1S/C108H148N12O16/c1-61(2)45-69-73-53-75(91(123)81(89(73)121)57-117(101(133)113-105(9,10)11)85(97(129)109-21)49-65-37-29-25-30-38-65)70(46-62(3)4)77-55-79(95(127)83(93(77)125)59-119(103(135)115-107(15,16)17)87(99(131)111-23)51-67-41-33-27-34-42-67)72(48-64(7)8)80-56-78(94(126)84(96(80)128)60-120(104(136)116-108(18,19)20)88(100(132)112-24)52-68-43-35-28-36-44-68)71(47-63(5)6)76-54-74(69)90(122)82(92(76)124)58-118(102(134)114-106(12,13)14)86(98(130)110-22)50-66-39-31-26-32-40-66/h25-44,53-56,61-64,69-72,85-88,121-128H,45-52,57-60H2,1-24H3,(H,109,129)(H,110,130)(H,111,131)(H,112,132)(H,113,133)(H,114,134)(H,115,135)(H,116,136)/t69?,70?,71?,72?,85-,86-,87-,88-/m0/s1. The first-order valence-electron chi connectivity index (χ1n) is 47.4. The molecule has 16 N–H and O–H groups in total. The molecule has 12 amide bonds. The van der Waals surface area contributed by atoms with Crippen molar-refractivity contribution in [2.45, 2.75) is 286 Å². The summed E-state index contributed by atoms with van der Waals surface area (Å²) in [6.07, 6.45) is -0.580. The minimum atomic E-state index is -1.41. The second-order valence-electron chi connectivity index (χ2n) is 42.2. The van der Waals surface area contributed by atoms with Gasteiger partial charge in [0.1, 0.15) is 70.2 Å². The smallest absolute Gasteiger partial charge is 0.318 e. The molecule has 0 aromatic heterocycles. The molecule has 0 fully saturated rings. The Morgan fingerprint density at radius 2 is 0.412 bits per heavy atom. The van der Waals surface area contributed by atoms with Crippen molar-refractivity contribution in [2.75, 3.05) is 28.2 Å². The number of amides is 12. The highest BCUT2D eigenvalue weighted by molar-refractivity contribution is 5.91. The van der Waals surface area contributed by atoms with Gasteiger partial charge in [-0.05, 0) is 179 Å². The van der Waals surface area contributed by atoms with Crippen molar-refractivity contribution in [1.29, 1.82) is 0 Å². The number of nitrogens with one attached hydrogen (secondary N) is 8. The zero-order chi connectivity index (χ0) is 101. The zero-order valence-corrected chi connectivity index (χ0v) is 83.9. The highest BCUT2D eigenvalue weighted by Crippen LogP contribution is 2.58. The molecule has 28 nitrogen and oxygen atoms in total. The van der Waals surface area contributed by atoms with Gasteiger partial charge < -0.3 is 103 Å². The quantitative estimate of drug-likeness (QED) is 0.0186. The Balaban J connectivity index is 1.63. The fourth-order valence-electron chi connectivity index (χ4n) is 18.3. The van der Waals surface area contributed by atoms with Crippen LogP contribution in [0.5, 0.6) is 46.0 Å². The van der Waals surface area contributed by atoms with Gasteiger partial charge >= 0.3 is 24.1 Å². The molecule has 0 heterocycles. The molecule has 4 atom stereocenters. The van der Waals surface area contributed by atoms with Gasteiger partial charge in [0.05, 0.1) is 48.4 Å². The lowest BCUT2D eigenvalue weighted by molar-refractivity contribution is -0.125. The maximum absolute atomic E-state index is 15.9. The number of aromatic hydroxyl groups is 8. The summed E-state index contributed by atoms with van der Waals surface area (Å²) >= 11 is 0. The van der Waals surface area contributed by atoms with E-state index in [1.165, 1.54) is 47.8 Å². The van der Waals surface area contributed by atoms with E-state index in [1.807, 2.05) is 55.4 Å². The number of likely N-dealkylation sites (N-methyl/N-ethyl adjacent to an activating group) is 4. The summed E-state index contributed by atoms with van der Waals surface area (Å²) in [5.74, 6) is -15.0. The number of fused-ring (bicyclic) bond motifs is 8. The van der Waals surface area contributed by atoms with Crippen molar-refractivity contribution in [2.24, 2.45) is 23.7 Å². The van der Waals surface area contributed by atoms with E-state index in [0.717, 1.165) is 0 Å². The van der Waals surface area contributed by atoms with Crippen LogP contribution < -0.4 is 42.5 Å². The molecule has 0 unspecified atom stereocenters. The summed E-state index contributed by atoms with van der Waals surface area (Å²) in [7, 11) is 5.69. The number of rotatable bonds is 32. The van der Waals surface area contributed by atoms with Gasteiger partial charge in [0.25, 0.3) is 0 Å². The number of phenolic OH excluding ortho intramolecular Hbond substituents is 8. The monoisotopic (exact) mass is 1870 g/mol. The van der Waals surface area contributed by atoms with Crippen molar-refractivity contribution in [3.63, 3.8) is 0 Å². The van der Waals surface area contributed by atoms with Crippen LogP contribution in [0.1, 0.15) is 277 Å². The molecule has 136 heavy (non-hydrogen) atoms. The molecule has 0 saturated heterocycles. The lowest BCUT2D eigenvalue weighted by Gasteiger charge is -2.37. The normalized spacial score (nSPS) is 15.4. The average molecular weight is 1870 g/mol. The van der Waals surface area contributed by atoms with Gasteiger partial charge in [0.2, 0.25) is 23.6 Å². The fourth-order valence-corrected chi connectivity index (χ4v) is 18.3. The third kappa shape index (κ3) is 26.9. The van der Waals surface area contributed by atoms with Crippen molar-refractivity contribution < 1.29 is 79.2 Å². The minimum absolute atomic E-state index is 0.0383. The van der Waals surface area contributed by atoms with Crippen molar-refractivity contribution in [1.82, 2.24) is 62.1 Å². The van der Waals surface area contributed by atoms with E-state index in [0.29, 0.717) is 22.3 Å². The summed E-state index contributed by atoms with van der Waals surface area (Å²) in [4.78, 5) is 129. The van der Waals surface area contributed by atoms with Crippen molar-refractivity contribution in [3.05, 3.63) is 235 Å². The molecule has 0 saturated carbocycles. The lowest BCUT2D eigenvalue weighted by atomic mass is 9.73. The third-order valence-corrected chi connectivity index (χ3v) is 24.6. The first-order valence-corrected chi connectivity index (χ1v) is 47.4. The summed E-state index contributed by atoms with van der Waals surface area (Å²) in [5.41, 5.74) is -3.12. The topological polar surface area (TPSA) is 408 Å². The maximum atomic E-state index is 15.9. The number of carbonyl (C=O) groups excluding carboxylic acids is 8. The number of hydrogen-bond donors (Lipinski definition) is 16. The number of phenols is 8. The summed E-state index contributed by atoms with van der Waals surface area (Å²) < 4.78 is 0. The molecule has 1 aliphatic rings. The van der Waals surface area contributed by atoms with E-state index in [1.54, 1.807) is 229 Å². The maximum Gasteiger partial charge on any atom is 0.318 e. The first-order chi connectivity index (χ1) is 63.7. The average Bonchev–Trinajstić information content (AvgIpc) is 0.729. The Morgan fingerprint density at radius 3 is 0.537 bits per heavy atom. The molecule has 9 rings (SSSR count).